The highest BCUT2D eigenvalue weighted by atomic mass is 16.5. The predicted molar refractivity (Wildman–Crippen MR) is 135 cm³/mol. The summed E-state index contributed by atoms with van der Waals surface area (Å²) < 4.78 is 12.7. The van der Waals surface area contributed by atoms with Gasteiger partial charge in [-0.1, -0.05) is 17.3 Å². The van der Waals surface area contributed by atoms with Crippen LogP contribution in [-0.4, -0.2) is 70.0 Å². The third kappa shape index (κ3) is 5.73. The van der Waals surface area contributed by atoms with Crippen LogP contribution >= 0.6 is 0 Å². The molecule has 2 amide bonds. The van der Waals surface area contributed by atoms with E-state index >= 15 is 0 Å². The minimum atomic E-state index is -0.656. The average Bonchev–Trinajstić information content (AvgIpc) is 3.38. The zero-order chi connectivity index (χ0) is 25.7. The van der Waals surface area contributed by atoms with E-state index in [1.807, 2.05) is 30.5 Å². The number of hydrogen-bond donors (Lipinski definition) is 1. The number of nitrogens with zero attached hydrogens (tertiary/aromatic N) is 5. The van der Waals surface area contributed by atoms with Gasteiger partial charge in [0.2, 0.25) is 11.8 Å². The Morgan fingerprint density at radius 3 is 2.65 bits per heavy atom. The van der Waals surface area contributed by atoms with E-state index in [0.717, 1.165) is 29.8 Å². The van der Waals surface area contributed by atoms with E-state index in [2.05, 4.69) is 20.6 Å². The number of benzene rings is 1. The Labute approximate surface area is 216 Å². The number of rotatable bonds is 2. The normalized spacial score (nSPS) is 18.1. The Morgan fingerprint density at radius 1 is 1.11 bits per heavy atom. The van der Waals surface area contributed by atoms with Crippen LogP contribution in [-0.2, 0) is 24.2 Å². The molecule has 0 unspecified atom stereocenters. The molecule has 0 aliphatic carbocycles. The van der Waals surface area contributed by atoms with Gasteiger partial charge in [0.05, 0.1) is 30.4 Å². The van der Waals surface area contributed by atoms with E-state index in [1.165, 1.54) is 13.3 Å². The molecule has 3 aromatic rings. The maximum Gasteiger partial charge on any atom is 0.255 e. The van der Waals surface area contributed by atoms with E-state index in [9.17, 15) is 9.59 Å². The average molecular weight is 505 g/mol. The second kappa shape index (κ2) is 11.0. The van der Waals surface area contributed by atoms with Crippen LogP contribution in [0.15, 0.2) is 48.8 Å². The highest BCUT2D eigenvalue weighted by molar-refractivity contribution is 5.94. The van der Waals surface area contributed by atoms with E-state index in [4.69, 9.17) is 9.47 Å². The molecule has 3 aliphatic rings. The number of likely N-dealkylation sites (tertiary alicyclic amines) is 1. The molecule has 37 heavy (non-hydrogen) atoms. The maximum absolute atomic E-state index is 13.6. The van der Waals surface area contributed by atoms with Crippen LogP contribution in [0.3, 0.4) is 0 Å². The largest absolute Gasteiger partial charge is 0.494 e. The van der Waals surface area contributed by atoms with Crippen LogP contribution in [0.25, 0.3) is 0 Å². The minimum Gasteiger partial charge on any atom is -0.494 e. The fourth-order valence-electron chi connectivity index (χ4n) is 4.98. The number of pyridine rings is 1. The summed E-state index contributed by atoms with van der Waals surface area (Å²) in [6.45, 7) is 2.76. The molecule has 1 spiro atoms. The van der Waals surface area contributed by atoms with Gasteiger partial charge in [0.15, 0.2) is 0 Å². The van der Waals surface area contributed by atoms with Crippen LogP contribution in [0, 0.1) is 5.41 Å². The standard InChI is InChI=1S/C27H32N6O4/c1-36-24-8-5-21(18-29-24)25(34)32-14-10-27(11-15-32)17-22-19-33(31-30-22)13-2-16-37-23-6-3-20(4-7-23)9-12-28-26(27)35/h3-8,18-19H,2,9-17H2,1H3,(H,28,35). The van der Waals surface area contributed by atoms with Gasteiger partial charge in [-0.15, -0.1) is 5.10 Å². The molecule has 1 aromatic carbocycles. The number of ether oxygens (including phenoxy) is 2. The summed E-state index contributed by atoms with van der Waals surface area (Å²) in [5.41, 5.74) is 1.78. The molecule has 1 saturated heterocycles. The van der Waals surface area contributed by atoms with E-state index < -0.39 is 5.41 Å². The first kappa shape index (κ1) is 24.7. The molecule has 4 bridgehead atoms. The van der Waals surface area contributed by atoms with Crippen molar-refractivity contribution in [2.24, 2.45) is 5.41 Å². The lowest BCUT2D eigenvalue weighted by molar-refractivity contribution is -0.133. The van der Waals surface area contributed by atoms with Crippen molar-refractivity contribution in [3.05, 3.63) is 65.6 Å². The molecule has 10 heteroatoms. The van der Waals surface area contributed by atoms with E-state index in [0.29, 0.717) is 63.5 Å². The first-order chi connectivity index (χ1) is 18.0. The fraction of sp³-hybridized carbons (Fsp3) is 0.444. The SMILES string of the molecule is COc1ccc(C(=O)N2CCC3(CC2)Cc2cn(nn2)CCCOc2ccc(cc2)CCNC3=O)cn1. The van der Waals surface area contributed by atoms with E-state index in [1.54, 1.807) is 21.7 Å². The number of nitrogens with one attached hydrogen (secondary N) is 1. The third-order valence-electron chi connectivity index (χ3n) is 7.21. The summed E-state index contributed by atoms with van der Waals surface area (Å²) in [7, 11) is 1.54. The second-order valence-electron chi connectivity index (χ2n) is 9.66. The maximum atomic E-state index is 13.6. The molecule has 3 aliphatic heterocycles. The van der Waals surface area contributed by atoms with Gasteiger partial charge in [0.25, 0.3) is 5.91 Å². The Bertz CT molecular complexity index is 1220. The summed E-state index contributed by atoms with van der Waals surface area (Å²) in [4.78, 5) is 32.6. The molecule has 1 N–H and O–H groups in total. The second-order valence-corrected chi connectivity index (χ2v) is 9.66. The zero-order valence-electron chi connectivity index (χ0n) is 21.1. The summed E-state index contributed by atoms with van der Waals surface area (Å²) >= 11 is 0. The Morgan fingerprint density at radius 2 is 1.92 bits per heavy atom. The van der Waals surface area contributed by atoms with Gasteiger partial charge < -0.3 is 19.7 Å². The highest BCUT2D eigenvalue weighted by Gasteiger charge is 2.43. The van der Waals surface area contributed by atoms with Crippen molar-refractivity contribution in [3.63, 3.8) is 0 Å². The first-order valence-electron chi connectivity index (χ1n) is 12.7. The van der Waals surface area contributed by atoms with Crippen molar-refractivity contribution in [2.75, 3.05) is 33.4 Å². The van der Waals surface area contributed by atoms with E-state index in [-0.39, 0.29) is 11.8 Å². The minimum absolute atomic E-state index is 0.00420. The van der Waals surface area contributed by atoms with Crippen LogP contribution in [0.1, 0.15) is 40.9 Å². The number of piperidine rings is 1. The number of carbonyl (C=O) groups excluding carboxylic acids is 2. The Hall–Kier alpha value is -3.95. The molecule has 0 saturated carbocycles. The Balaban J connectivity index is 1.32. The molecule has 6 rings (SSSR count). The number of methoxy groups -OCH3 is 1. The number of carbonyl (C=O) groups is 2. The van der Waals surface area contributed by atoms with Crippen LogP contribution in [0.5, 0.6) is 11.6 Å². The number of aromatic nitrogens is 4. The van der Waals surface area contributed by atoms with Crippen molar-refractivity contribution in [1.29, 1.82) is 0 Å². The van der Waals surface area contributed by atoms with Crippen molar-refractivity contribution in [3.8, 4) is 11.6 Å². The van der Waals surface area contributed by atoms with Crippen LogP contribution in [0.2, 0.25) is 0 Å². The number of fused-ring (bicyclic) bond motifs is 8. The van der Waals surface area contributed by atoms with Crippen molar-refractivity contribution in [1.82, 2.24) is 30.2 Å². The number of hydrogen-bond acceptors (Lipinski definition) is 7. The summed E-state index contributed by atoms with van der Waals surface area (Å²) in [6.07, 6.45) is 6.55. The molecule has 2 aromatic heterocycles. The molecule has 0 atom stereocenters. The topological polar surface area (TPSA) is 111 Å². The predicted octanol–water partition coefficient (Wildman–Crippen LogP) is 2.29. The van der Waals surface area contributed by atoms with Gasteiger partial charge in [-0.25, -0.2) is 4.98 Å². The Kier molecular flexibility index (Phi) is 7.34. The number of aryl methyl sites for hydroxylation is 1. The quantitative estimate of drug-likeness (QED) is 0.570. The first-order valence-corrected chi connectivity index (χ1v) is 12.7. The van der Waals surface area contributed by atoms with Gasteiger partial charge in [-0.05, 0) is 43.0 Å². The molecule has 10 nitrogen and oxygen atoms in total. The molecule has 0 radical (unpaired) electrons. The molecule has 1 fully saturated rings. The number of amides is 2. The van der Waals surface area contributed by atoms with Crippen molar-refractivity contribution in [2.45, 2.75) is 38.6 Å². The summed E-state index contributed by atoms with van der Waals surface area (Å²) in [5, 5.41) is 11.8. The van der Waals surface area contributed by atoms with Gasteiger partial charge >= 0.3 is 0 Å². The lowest BCUT2D eigenvalue weighted by atomic mass is 9.73. The molecular formula is C27H32N6O4. The summed E-state index contributed by atoms with van der Waals surface area (Å²) in [5.74, 6) is 1.21. The third-order valence-corrected chi connectivity index (χ3v) is 7.21. The van der Waals surface area contributed by atoms with Crippen molar-refractivity contribution < 1.29 is 19.1 Å². The van der Waals surface area contributed by atoms with Gasteiger partial charge in [0.1, 0.15) is 5.75 Å². The van der Waals surface area contributed by atoms with Crippen molar-refractivity contribution >= 4 is 11.8 Å². The lowest BCUT2D eigenvalue weighted by Crippen LogP contribution is -2.51. The smallest absolute Gasteiger partial charge is 0.255 e. The summed E-state index contributed by atoms with van der Waals surface area (Å²) in [6, 6.07) is 11.4. The lowest BCUT2D eigenvalue weighted by Gasteiger charge is -2.40. The molecule has 194 valence electrons. The monoisotopic (exact) mass is 504 g/mol. The van der Waals surface area contributed by atoms with Gasteiger partial charge in [-0.3, -0.25) is 14.3 Å². The van der Waals surface area contributed by atoms with Crippen LogP contribution in [0.4, 0.5) is 0 Å². The zero-order valence-corrected chi connectivity index (χ0v) is 21.1. The van der Waals surface area contributed by atoms with Gasteiger partial charge in [0, 0.05) is 57.5 Å². The molecule has 5 heterocycles. The molecular weight excluding hydrogens is 472 g/mol. The van der Waals surface area contributed by atoms with Gasteiger partial charge in [-0.2, -0.15) is 0 Å². The fourth-order valence-corrected chi connectivity index (χ4v) is 4.98. The van der Waals surface area contributed by atoms with Crippen LogP contribution < -0.4 is 14.8 Å². The highest BCUT2D eigenvalue weighted by Crippen LogP contribution is 2.36.